The topological polar surface area (TPSA) is 0 Å². The first kappa shape index (κ1) is 23.1. The molecular weight excluding hydrogens is 470 g/mol. The van der Waals surface area contributed by atoms with E-state index in [9.17, 15) is 0 Å². The molecule has 0 aromatic heterocycles. The number of rotatable bonds is 6. The fraction of sp³-hybridized carbons (Fsp3) is 0.0588. The Morgan fingerprint density at radius 1 is 0.500 bits per heavy atom. The summed E-state index contributed by atoms with van der Waals surface area (Å²) in [5.41, 5.74) is 0.482. The van der Waals surface area contributed by atoms with Gasteiger partial charge in [-0.1, -0.05) is 140 Å². The fourth-order valence-corrected chi connectivity index (χ4v) is 10.7. The zero-order valence-corrected chi connectivity index (χ0v) is 21.9. The molecule has 5 aromatic rings. The smallest absolute Gasteiger partial charge is 0.00886 e. The van der Waals surface area contributed by atoms with Gasteiger partial charge in [0.15, 0.2) is 0 Å². The Morgan fingerprint density at radius 3 is 1.53 bits per heavy atom. The van der Waals surface area contributed by atoms with Crippen LogP contribution in [0.3, 0.4) is 0 Å². The van der Waals surface area contributed by atoms with E-state index in [1.54, 1.807) is 0 Å². The highest BCUT2D eigenvalue weighted by Gasteiger charge is 2.29. The first-order valence-electron chi connectivity index (χ1n) is 12.5. The van der Waals surface area contributed by atoms with Gasteiger partial charge in [-0.25, -0.2) is 0 Å². The van der Waals surface area contributed by atoms with Crippen molar-refractivity contribution in [2.45, 2.75) is 12.1 Å². The summed E-state index contributed by atoms with van der Waals surface area (Å²) in [7, 11) is -1.31. The molecule has 2 heteroatoms. The minimum atomic E-state index is -0.710. The van der Waals surface area contributed by atoms with Gasteiger partial charge in [-0.2, -0.15) is 0 Å². The molecule has 6 rings (SSSR count). The van der Waals surface area contributed by atoms with Gasteiger partial charge in [0, 0.05) is 5.66 Å². The van der Waals surface area contributed by atoms with Crippen LogP contribution in [0.4, 0.5) is 0 Å². The second kappa shape index (κ2) is 10.8. The van der Waals surface area contributed by atoms with Gasteiger partial charge in [0.25, 0.3) is 0 Å². The molecule has 2 atom stereocenters. The molecule has 0 saturated heterocycles. The molecule has 0 spiro atoms. The Kier molecular flexibility index (Phi) is 6.91. The highest BCUT2D eigenvalue weighted by Crippen LogP contribution is 2.46. The Labute approximate surface area is 216 Å². The molecule has 0 bridgehead atoms. The minimum Gasteiger partial charge on any atom is -0.0836 e. The van der Waals surface area contributed by atoms with E-state index in [2.05, 4.69) is 152 Å². The molecule has 0 radical (unpaired) electrons. The molecule has 0 heterocycles. The SMILES string of the molecule is C1=CCC(P(c2ccccc2)c2cc3ccccc3cc2P(c2ccccc2)c2ccccc2)C=C1. The molecule has 36 heavy (non-hydrogen) atoms. The molecule has 174 valence electrons. The van der Waals surface area contributed by atoms with E-state index < -0.39 is 15.8 Å². The summed E-state index contributed by atoms with van der Waals surface area (Å²) in [4.78, 5) is 0. The van der Waals surface area contributed by atoms with E-state index in [0.717, 1.165) is 6.42 Å². The van der Waals surface area contributed by atoms with Crippen LogP contribution in [0.1, 0.15) is 6.42 Å². The summed E-state index contributed by atoms with van der Waals surface area (Å²) < 4.78 is 0. The molecule has 0 N–H and O–H groups in total. The van der Waals surface area contributed by atoms with Crippen LogP contribution in [-0.2, 0) is 0 Å². The summed E-state index contributed by atoms with van der Waals surface area (Å²) in [6.45, 7) is 0. The van der Waals surface area contributed by atoms with Gasteiger partial charge in [-0.05, 0) is 71.7 Å². The van der Waals surface area contributed by atoms with Crippen LogP contribution in [-0.4, -0.2) is 5.66 Å². The van der Waals surface area contributed by atoms with Gasteiger partial charge in [0.2, 0.25) is 0 Å². The zero-order chi connectivity index (χ0) is 24.2. The third kappa shape index (κ3) is 4.73. The molecule has 0 aliphatic heterocycles. The van der Waals surface area contributed by atoms with E-state index in [-0.39, 0.29) is 0 Å². The van der Waals surface area contributed by atoms with Crippen LogP contribution >= 0.6 is 15.8 Å². The van der Waals surface area contributed by atoms with Crippen LogP contribution in [0.15, 0.2) is 152 Å². The van der Waals surface area contributed by atoms with Crippen LogP contribution in [0.5, 0.6) is 0 Å². The molecule has 0 fully saturated rings. The standard InChI is InChI=1S/C34H28P2/c1-5-17-29(18-6-1)35(30-19-7-2-8-20-30)33-25-27-15-13-14-16-28(27)26-34(33)36(31-21-9-3-10-22-31)32-23-11-4-12-24-32/h1-23,25-26,32H,24H2. The van der Waals surface area contributed by atoms with E-state index in [1.165, 1.54) is 37.3 Å². The lowest BCUT2D eigenvalue weighted by molar-refractivity contribution is 1.05. The molecule has 0 saturated carbocycles. The number of hydrogen-bond acceptors (Lipinski definition) is 0. The van der Waals surface area contributed by atoms with Crippen molar-refractivity contribution in [3.05, 3.63) is 152 Å². The van der Waals surface area contributed by atoms with Crippen molar-refractivity contribution < 1.29 is 0 Å². The average Bonchev–Trinajstić information content (AvgIpc) is 2.96. The van der Waals surface area contributed by atoms with E-state index in [0.29, 0.717) is 5.66 Å². The van der Waals surface area contributed by atoms with Crippen molar-refractivity contribution in [3.63, 3.8) is 0 Å². The molecule has 1 aliphatic rings. The summed E-state index contributed by atoms with van der Waals surface area (Å²) in [5, 5.41) is 9.89. The third-order valence-electron chi connectivity index (χ3n) is 6.70. The molecule has 5 aromatic carbocycles. The van der Waals surface area contributed by atoms with Crippen molar-refractivity contribution in [1.29, 1.82) is 0 Å². The number of benzene rings is 5. The van der Waals surface area contributed by atoms with Crippen LogP contribution in [0.25, 0.3) is 10.8 Å². The maximum Gasteiger partial charge on any atom is 0.00886 e. The number of fused-ring (bicyclic) bond motifs is 1. The Balaban J connectivity index is 1.65. The van der Waals surface area contributed by atoms with Crippen LogP contribution in [0, 0.1) is 0 Å². The van der Waals surface area contributed by atoms with E-state index in [1.807, 2.05) is 0 Å². The Hall–Kier alpha value is -3.30. The largest absolute Gasteiger partial charge is 0.0836 e. The second-order valence-electron chi connectivity index (χ2n) is 9.02. The lowest BCUT2D eigenvalue weighted by Crippen LogP contribution is -2.34. The first-order chi connectivity index (χ1) is 17.9. The predicted molar refractivity (Wildman–Crippen MR) is 162 cm³/mol. The molecule has 0 amide bonds. The van der Waals surface area contributed by atoms with Crippen molar-refractivity contribution in [1.82, 2.24) is 0 Å². The fourth-order valence-electron chi connectivity index (χ4n) is 5.03. The molecular formula is C34H28P2. The van der Waals surface area contributed by atoms with Gasteiger partial charge >= 0.3 is 0 Å². The quantitative estimate of drug-likeness (QED) is 0.223. The monoisotopic (exact) mass is 498 g/mol. The van der Waals surface area contributed by atoms with Crippen molar-refractivity contribution in [2.75, 3.05) is 0 Å². The first-order valence-corrected chi connectivity index (χ1v) is 15.2. The highest BCUT2D eigenvalue weighted by molar-refractivity contribution is 7.83. The summed E-state index contributed by atoms with van der Waals surface area (Å²) in [6.07, 6.45) is 10.3. The summed E-state index contributed by atoms with van der Waals surface area (Å²) >= 11 is 0. The minimum absolute atomic E-state index is 0.482. The number of hydrogen-bond donors (Lipinski definition) is 0. The summed E-state index contributed by atoms with van der Waals surface area (Å²) in [5.74, 6) is 0. The normalized spacial score (nSPS) is 15.9. The molecule has 1 aliphatic carbocycles. The van der Waals surface area contributed by atoms with Gasteiger partial charge in [-0.3, -0.25) is 0 Å². The molecule has 0 nitrogen and oxygen atoms in total. The van der Waals surface area contributed by atoms with Crippen LogP contribution in [0.2, 0.25) is 0 Å². The second-order valence-corrected chi connectivity index (χ2v) is 13.6. The lowest BCUT2D eigenvalue weighted by atomic mass is 10.1. The maximum atomic E-state index is 2.51. The predicted octanol–water partition coefficient (Wildman–Crippen LogP) is 6.92. The van der Waals surface area contributed by atoms with E-state index >= 15 is 0 Å². The van der Waals surface area contributed by atoms with Crippen molar-refractivity contribution >= 4 is 53.1 Å². The van der Waals surface area contributed by atoms with Crippen molar-refractivity contribution in [3.8, 4) is 0 Å². The van der Waals surface area contributed by atoms with Crippen molar-refractivity contribution in [2.24, 2.45) is 0 Å². The highest BCUT2D eigenvalue weighted by atomic mass is 31.1. The summed E-state index contributed by atoms with van der Waals surface area (Å²) in [6, 6.07) is 47.3. The number of allylic oxidation sites excluding steroid dienone is 4. The molecule has 2 unspecified atom stereocenters. The third-order valence-corrected chi connectivity index (χ3v) is 12.1. The maximum absolute atomic E-state index is 2.51. The Morgan fingerprint density at radius 2 is 1.00 bits per heavy atom. The van der Waals surface area contributed by atoms with Gasteiger partial charge in [0.05, 0.1) is 0 Å². The average molecular weight is 499 g/mol. The zero-order valence-electron chi connectivity index (χ0n) is 20.1. The van der Waals surface area contributed by atoms with Gasteiger partial charge in [0.1, 0.15) is 0 Å². The van der Waals surface area contributed by atoms with Crippen LogP contribution < -0.4 is 26.5 Å². The van der Waals surface area contributed by atoms with Gasteiger partial charge < -0.3 is 0 Å². The Bertz CT molecular complexity index is 1470. The van der Waals surface area contributed by atoms with E-state index in [4.69, 9.17) is 0 Å². The lowest BCUT2D eigenvalue weighted by Gasteiger charge is -2.32. The van der Waals surface area contributed by atoms with Gasteiger partial charge in [-0.15, -0.1) is 0 Å².